The van der Waals surface area contributed by atoms with E-state index in [4.69, 9.17) is 5.73 Å². The zero-order valence-electron chi connectivity index (χ0n) is 16.7. The van der Waals surface area contributed by atoms with Crippen molar-refractivity contribution in [1.82, 2.24) is 29.7 Å². The smallest absolute Gasteiger partial charge is 0.236 e. The van der Waals surface area contributed by atoms with Crippen molar-refractivity contribution in [2.75, 3.05) is 57.9 Å². The van der Waals surface area contributed by atoms with Crippen LogP contribution in [0.1, 0.15) is 18.8 Å². The number of para-hydroxylation sites is 1. The second kappa shape index (κ2) is 8.94. The lowest BCUT2D eigenvalue weighted by Gasteiger charge is -2.37. The summed E-state index contributed by atoms with van der Waals surface area (Å²) in [7, 11) is 3.57. The van der Waals surface area contributed by atoms with Crippen molar-refractivity contribution in [3.63, 3.8) is 0 Å². The van der Waals surface area contributed by atoms with Gasteiger partial charge >= 0.3 is 0 Å². The van der Waals surface area contributed by atoms with E-state index >= 15 is 0 Å². The summed E-state index contributed by atoms with van der Waals surface area (Å²) in [5.74, 6) is 1.41. The third-order valence-corrected chi connectivity index (χ3v) is 4.89. The van der Waals surface area contributed by atoms with E-state index < -0.39 is 0 Å². The Kier molecular flexibility index (Phi) is 6.37. The highest BCUT2D eigenvalue weighted by Crippen LogP contribution is 2.21. The first kappa shape index (κ1) is 20.0. The van der Waals surface area contributed by atoms with E-state index in [0.29, 0.717) is 18.3 Å². The van der Waals surface area contributed by atoms with Gasteiger partial charge < -0.3 is 16.0 Å². The van der Waals surface area contributed by atoms with Crippen molar-refractivity contribution in [2.24, 2.45) is 0 Å². The highest BCUT2D eigenvalue weighted by Gasteiger charge is 2.25. The molecule has 150 valence electrons. The Bertz CT molecular complexity index is 790. The number of nitrogen functional groups attached to an aromatic ring is 1. The quantitative estimate of drug-likeness (QED) is 0.759. The number of piperazine rings is 1. The maximum Gasteiger partial charge on any atom is 0.236 e. The van der Waals surface area contributed by atoms with Gasteiger partial charge in [-0.05, 0) is 19.1 Å². The van der Waals surface area contributed by atoms with E-state index in [1.807, 2.05) is 30.3 Å². The summed E-state index contributed by atoms with van der Waals surface area (Å²) in [6, 6.07) is 9.72. The molecule has 1 saturated heterocycles. The summed E-state index contributed by atoms with van der Waals surface area (Å²) in [6.07, 6.45) is 0. The van der Waals surface area contributed by atoms with Gasteiger partial charge in [0.1, 0.15) is 0 Å². The fourth-order valence-corrected chi connectivity index (χ4v) is 3.11. The van der Waals surface area contributed by atoms with Crippen molar-refractivity contribution < 1.29 is 4.79 Å². The van der Waals surface area contributed by atoms with Crippen LogP contribution in [0.3, 0.4) is 0 Å². The van der Waals surface area contributed by atoms with Crippen LogP contribution in [0.15, 0.2) is 30.3 Å². The minimum absolute atomic E-state index is 0.00771. The average Bonchev–Trinajstić information content (AvgIpc) is 2.68. The maximum absolute atomic E-state index is 11.9. The maximum atomic E-state index is 11.9. The monoisotopic (exact) mass is 384 g/mol. The normalized spacial score (nSPS) is 16.5. The fourth-order valence-electron chi connectivity index (χ4n) is 3.11. The third kappa shape index (κ3) is 5.14. The van der Waals surface area contributed by atoms with Crippen LogP contribution in [0, 0.1) is 0 Å². The number of aromatic nitrogens is 3. The van der Waals surface area contributed by atoms with Crippen LogP contribution >= 0.6 is 0 Å². The second-order valence-corrected chi connectivity index (χ2v) is 7.14. The second-order valence-electron chi connectivity index (χ2n) is 7.14. The summed E-state index contributed by atoms with van der Waals surface area (Å²) in [5.41, 5.74) is 6.81. The molecule has 1 amide bonds. The molecule has 0 spiro atoms. The van der Waals surface area contributed by atoms with Crippen LogP contribution in [0.4, 0.5) is 17.6 Å². The van der Waals surface area contributed by atoms with Crippen molar-refractivity contribution in [3.8, 4) is 0 Å². The van der Waals surface area contributed by atoms with Gasteiger partial charge in [0.05, 0.1) is 12.6 Å². The topological polar surface area (TPSA) is 104 Å². The largest absolute Gasteiger partial charge is 0.368 e. The lowest BCUT2D eigenvalue weighted by Crippen LogP contribution is -2.50. The van der Waals surface area contributed by atoms with E-state index in [1.54, 1.807) is 19.0 Å². The molecule has 3 N–H and O–H groups in total. The summed E-state index contributed by atoms with van der Waals surface area (Å²) in [6.45, 7) is 5.88. The molecule has 1 aliphatic rings. The molecule has 1 aliphatic heterocycles. The number of likely N-dealkylation sites (N-methyl/N-ethyl adjacent to an activating group) is 1. The van der Waals surface area contributed by atoms with E-state index in [-0.39, 0.29) is 17.9 Å². The van der Waals surface area contributed by atoms with E-state index in [1.165, 1.54) is 0 Å². The Hall–Kier alpha value is -2.78. The molecule has 0 aliphatic carbocycles. The predicted octanol–water partition coefficient (Wildman–Crippen LogP) is 0.964. The predicted molar refractivity (Wildman–Crippen MR) is 109 cm³/mol. The van der Waals surface area contributed by atoms with Gasteiger partial charge in [-0.3, -0.25) is 14.6 Å². The molecule has 2 heterocycles. The lowest BCUT2D eigenvalue weighted by molar-refractivity contribution is -0.130. The summed E-state index contributed by atoms with van der Waals surface area (Å²) in [5, 5.41) is 3.17. The fraction of sp³-hybridized carbons (Fsp3) is 0.474. The number of carbonyl (C=O) groups is 1. The first-order valence-corrected chi connectivity index (χ1v) is 9.42. The first-order valence-electron chi connectivity index (χ1n) is 9.42. The van der Waals surface area contributed by atoms with Crippen LogP contribution in [-0.4, -0.2) is 82.4 Å². The standard InChI is InChI=1S/C19H28N8O/c1-14(27-11-9-26(10-12-27)13-16(28)25(2)3)17-22-18(20)24-19(23-17)21-15-7-5-4-6-8-15/h4-8,14H,9-13H2,1-3H3,(H3,20,21,22,23,24)/t14-/m1/s1. The number of carbonyl (C=O) groups excluding carboxylic acids is 1. The SMILES string of the molecule is C[C@H](c1nc(N)nc(Nc2ccccc2)n1)N1CCN(CC(=O)N(C)C)CC1. The summed E-state index contributed by atoms with van der Waals surface area (Å²) in [4.78, 5) is 31.1. The number of nitrogens with one attached hydrogen (secondary N) is 1. The molecule has 28 heavy (non-hydrogen) atoms. The lowest BCUT2D eigenvalue weighted by atomic mass is 10.2. The number of nitrogens with zero attached hydrogens (tertiary/aromatic N) is 6. The molecule has 0 unspecified atom stereocenters. The van der Waals surface area contributed by atoms with Crippen LogP contribution < -0.4 is 11.1 Å². The molecule has 9 heteroatoms. The molecule has 0 bridgehead atoms. The highest BCUT2D eigenvalue weighted by molar-refractivity contribution is 5.77. The molecule has 9 nitrogen and oxygen atoms in total. The zero-order valence-corrected chi connectivity index (χ0v) is 16.7. The van der Waals surface area contributed by atoms with Gasteiger partial charge in [0, 0.05) is 46.0 Å². The molecule has 0 saturated carbocycles. The van der Waals surface area contributed by atoms with Crippen molar-refractivity contribution in [2.45, 2.75) is 13.0 Å². The molecule has 1 atom stereocenters. The molecule has 1 aromatic carbocycles. The molecular formula is C19H28N8O. The third-order valence-electron chi connectivity index (χ3n) is 4.89. The van der Waals surface area contributed by atoms with Crippen LogP contribution in [0.2, 0.25) is 0 Å². The van der Waals surface area contributed by atoms with E-state index in [2.05, 4.69) is 37.0 Å². The van der Waals surface area contributed by atoms with Gasteiger partial charge in [0.15, 0.2) is 5.82 Å². The highest BCUT2D eigenvalue weighted by atomic mass is 16.2. The Balaban J connectivity index is 1.63. The molecule has 3 rings (SSSR count). The van der Waals surface area contributed by atoms with Crippen molar-refractivity contribution in [1.29, 1.82) is 0 Å². The molecule has 0 radical (unpaired) electrons. The summed E-state index contributed by atoms with van der Waals surface area (Å²) < 4.78 is 0. The number of anilines is 3. The van der Waals surface area contributed by atoms with Gasteiger partial charge in [0.25, 0.3) is 0 Å². The van der Waals surface area contributed by atoms with Crippen LogP contribution in [0.5, 0.6) is 0 Å². The minimum Gasteiger partial charge on any atom is -0.368 e. The zero-order chi connectivity index (χ0) is 20.1. The van der Waals surface area contributed by atoms with E-state index in [0.717, 1.165) is 31.9 Å². The number of amides is 1. The van der Waals surface area contributed by atoms with Gasteiger partial charge in [-0.15, -0.1) is 0 Å². The average molecular weight is 384 g/mol. The Labute approximate surface area is 165 Å². The number of benzene rings is 1. The Morgan fingerprint density at radius 3 is 2.46 bits per heavy atom. The molecule has 1 fully saturated rings. The number of rotatable bonds is 6. The molecular weight excluding hydrogens is 356 g/mol. The number of nitrogens with two attached hydrogens (primary N) is 1. The minimum atomic E-state index is 0.00771. The van der Waals surface area contributed by atoms with Crippen LogP contribution in [-0.2, 0) is 4.79 Å². The molecule has 2 aromatic rings. The van der Waals surface area contributed by atoms with Gasteiger partial charge in [-0.25, -0.2) is 0 Å². The van der Waals surface area contributed by atoms with Crippen molar-refractivity contribution in [3.05, 3.63) is 36.2 Å². The van der Waals surface area contributed by atoms with Crippen molar-refractivity contribution >= 4 is 23.5 Å². The Morgan fingerprint density at radius 2 is 1.82 bits per heavy atom. The van der Waals surface area contributed by atoms with Gasteiger partial charge in [0.2, 0.25) is 17.8 Å². The van der Waals surface area contributed by atoms with Gasteiger partial charge in [-0.2, -0.15) is 15.0 Å². The number of hydrogen-bond donors (Lipinski definition) is 2. The van der Waals surface area contributed by atoms with Gasteiger partial charge in [-0.1, -0.05) is 18.2 Å². The number of hydrogen-bond acceptors (Lipinski definition) is 8. The summed E-state index contributed by atoms with van der Waals surface area (Å²) >= 11 is 0. The Morgan fingerprint density at radius 1 is 1.14 bits per heavy atom. The van der Waals surface area contributed by atoms with Crippen LogP contribution in [0.25, 0.3) is 0 Å². The first-order chi connectivity index (χ1) is 13.4. The molecule has 1 aromatic heterocycles. The van der Waals surface area contributed by atoms with E-state index in [9.17, 15) is 4.79 Å².